The monoisotopic (exact) mass is 253 g/mol. The number of aromatic hydroxyl groups is 1. The summed E-state index contributed by atoms with van der Waals surface area (Å²) in [5, 5.41) is 13.0. The summed E-state index contributed by atoms with van der Waals surface area (Å²) in [5.41, 5.74) is 0.300. The van der Waals surface area contributed by atoms with Gasteiger partial charge >= 0.3 is 0 Å². The van der Waals surface area contributed by atoms with Crippen LogP contribution < -0.4 is 4.72 Å². The Morgan fingerprint density at radius 1 is 1.41 bits per heavy atom. The van der Waals surface area contributed by atoms with E-state index < -0.39 is 10.0 Å². The Hall–Kier alpha value is -2.02. The number of nitrogens with one attached hydrogen (secondary N) is 1. The maximum Gasteiger partial charge on any atom is 0.265 e. The van der Waals surface area contributed by atoms with Gasteiger partial charge < -0.3 is 5.11 Å². The minimum Gasteiger partial charge on any atom is -0.508 e. The molecule has 6 nitrogen and oxygen atoms in total. The number of aromatic nitrogens is 2. The SMILES string of the molecule is Cn1cc(S(=O)(=O)Nc2cccc(O)c2)cn1. The molecule has 2 rings (SSSR count). The second-order valence-electron chi connectivity index (χ2n) is 3.51. The van der Waals surface area contributed by atoms with Crippen molar-refractivity contribution in [1.29, 1.82) is 0 Å². The highest BCUT2D eigenvalue weighted by atomic mass is 32.2. The van der Waals surface area contributed by atoms with Gasteiger partial charge in [-0.25, -0.2) is 8.42 Å². The van der Waals surface area contributed by atoms with Crippen molar-refractivity contribution in [2.45, 2.75) is 4.90 Å². The number of anilines is 1. The van der Waals surface area contributed by atoms with Gasteiger partial charge in [0.2, 0.25) is 0 Å². The minimum atomic E-state index is -3.65. The molecule has 0 atom stereocenters. The summed E-state index contributed by atoms with van der Waals surface area (Å²) in [7, 11) is -2.02. The molecule has 7 heteroatoms. The molecule has 1 aromatic carbocycles. The van der Waals surface area contributed by atoms with Gasteiger partial charge in [-0.2, -0.15) is 5.10 Å². The third-order valence-corrected chi connectivity index (χ3v) is 3.43. The average molecular weight is 253 g/mol. The average Bonchev–Trinajstić information content (AvgIpc) is 2.65. The molecule has 0 unspecified atom stereocenters. The van der Waals surface area contributed by atoms with E-state index in [1.165, 1.54) is 29.2 Å². The highest BCUT2D eigenvalue weighted by Gasteiger charge is 2.16. The van der Waals surface area contributed by atoms with Crippen LogP contribution in [0.5, 0.6) is 5.75 Å². The minimum absolute atomic E-state index is 0.00335. The first-order chi connectivity index (χ1) is 7.97. The molecule has 0 amide bonds. The van der Waals surface area contributed by atoms with Gasteiger partial charge in [-0.15, -0.1) is 0 Å². The Kier molecular flexibility index (Phi) is 2.76. The topological polar surface area (TPSA) is 84.2 Å². The van der Waals surface area contributed by atoms with E-state index in [-0.39, 0.29) is 10.6 Å². The predicted octanol–water partition coefficient (Wildman–Crippen LogP) is 0.927. The third-order valence-electron chi connectivity index (χ3n) is 2.09. The molecule has 0 aliphatic carbocycles. The maximum atomic E-state index is 11.9. The van der Waals surface area contributed by atoms with Gasteiger partial charge in [0.15, 0.2) is 0 Å². The van der Waals surface area contributed by atoms with Crippen LogP contribution in [-0.4, -0.2) is 23.3 Å². The van der Waals surface area contributed by atoms with Crippen LogP contribution in [-0.2, 0) is 17.1 Å². The van der Waals surface area contributed by atoms with Crippen molar-refractivity contribution in [2.75, 3.05) is 4.72 Å². The molecule has 0 aliphatic heterocycles. The Labute approximate surface area is 98.6 Å². The van der Waals surface area contributed by atoms with Crippen molar-refractivity contribution < 1.29 is 13.5 Å². The molecule has 2 aromatic rings. The van der Waals surface area contributed by atoms with Crippen LogP contribution in [0.15, 0.2) is 41.6 Å². The normalized spacial score (nSPS) is 11.4. The van der Waals surface area contributed by atoms with Gasteiger partial charge in [0.25, 0.3) is 10.0 Å². The fraction of sp³-hybridized carbons (Fsp3) is 0.100. The maximum absolute atomic E-state index is 11.9. The first-order valence-electron chi connectivity index (χ1n) is 4.78. The molecule has 2 N–H and O–H groups in total. The van der Waals surface area contributed by atoms with Crippen LogP contribution in [0.2, 0.25) is 0 Å². The van der Waals surface area contributed by atoms with E-state index >= 15 is 0 Å². The van der Waals surface area contributed by atoms with Gasteiger partial charge in [-0.3, -0.25) is 9.40 Å². The van der Waals surface area contributed by atoms with E-state index in [2.05, 4.69) is 9.82 Å². The summed E-state index contributed by atoms with van der Waals surface area (Å²) in [6.45, 7) is 0. The number of benzene rings is 1. The smallest absolute Gasteiger partial charge is 0.265 e. The highest BCUT2D eigenvalue weighted by Crippen LogP contribution is 2.19. The molecular formula is C10H11N3O3S. The first-order valence-corrected chi connectivity index (χ1v) is 6.26. The predicted molar refractivity (Wildman–Crippen MR) is 62.1 cm³/mol. The van der Waals surface area contributed by atoms with Crippen LogP contribution in [0.3, 0.4) is 0 Å². The van der Waals surface area contributed by atoms with Crippen LogP contribution in [0.25, 0.3) is 0 Å². The summed E-state index contributed by atoms with van der Waals surface area (Å²) < 4.78 is 27.5. The van der Waals surface area contributed by atoms with Crippen molar-refractivity contribution in [1.82, 2.24) is 9.78 Å². The lowest BCUT2D eigenvalue weighted by Gasteiger charge is -2.05. The van der Waals surface area contributed by atoms with E-state index in [0.29, 0.717) is 5.69 Å². The second kappa shape index (κ2) is 4.10. The standard InChI is InChI=1S/C10H11N3O3S/c1-13-7-10(6-11-13)17(15,16)12-8-3-2-4-9(14)5-8/h2-7,12,14H,1H3. The molecule has 0 bridgehead atoms. The number of phenolic OH excluding ortho intramolecular Hbond substituents is 1. The van der Waals surface area contributed by atoms with Gasteiger partial charge in [-0.05, 0) is 12.1 Å². The van der Waals surface area contributed by atoms with Gasteiger partial charge in [0.05, 0.1) is 11.9 Å². The molecule has 0 saturated heterocycles. The van der Waals surface area contributed by atoms with E-state index in [4.69, 9.17) is 0 Å². The second-order valence-corrected chi connectivity index (χ2v) is 5.19. The van der Waals surface area contributed by atoms with Gasteiger partial charge in [-0.1, -0.05) is 6.07 Å². The molecule has 1 aromatic heterocycles. The number of phenols is 1. The third kappa shape index (κ3) is 2.56. The number of rotatable bonds is 3. The summed E-state index contributed by atoms with van der Waals surface area (Å²) in [5.74, 6) is -0.00335. The van der Waals surface area contributed by atoms with Crippen molar-refractivity contribution in [3.63, 3.8) is 0 Å². The number of nitrogens with zero attached hydrogens (tertiary/aromatic N) is 2. The van der Waals surface area contributed by atoms with Crippen LogP contribution in [0, 0.1) is 0 Å². The molecule has 0 radical (unpaired) electrons. The Bertz CT molecular complexity index is 634. The molecule has 0 spiro atoms. The number of sulfonamides is 1. The lowest BCUT2D eigenvalue weighted by molar-refractivity contribution is 0.475. The largest absolute Gasteiger partial charge is 0.508 e. The number of hydrogen-bond acceptors (Lipinski definition) is 4. The van der Waals surface area contributed by atoms with Crippen LogP contribution in [0.4, 0.5) is 5.69 Å². The van der Waals surface area contributed by atoms with E-state index in [9.17, 15) is 13.5 Å². The van der Waals surface area contributed by atoms with E-state index in [1.807, 2.05) is 0 Å². The molecule has 1 heterocycles. The van der Waals surface area contributed by atoms with Crippen molar-refractivity contribution in [3.8, 4) is 5.75 Å². The van der Waals surface area contributed by atoms with Gasteiger partial charge in [0.1, 0.15) is 10.6 Å². The fourth-order valence-corrected chi connectivity index (χ4v) is 2.35. The molecule has 17 heavy (non-hydrogen) atoms. The quantitative estimate of drug-likeness (QED) is 0.852. The van der Waals surface area contributed by atoms with Gasteiger partial charge in [0, 0.05) is 19.3 Å². The zero-order valence-electron chi connectivity index (χ0n) is 9.03. The highest BCUT2D eigenvalue weighted by molar-refractivity contribution is 7.92. The Balaban J connectivity index is 2.29. The van der Waals surface area contributed by atoms with Crippen LogP contribution >= 0.6 is 0 Å². The number of hydrogen-bond donors (Lipinski definition) is 2. The molecular weight excluding hydrogens is 242 g/mol. The lowest BCUT2D eigenvalue weighted by Crippen LogP contribution is -2.12. The van der Waals surface area contributed by atoms with Crippen molar-refractivity contribution in [3.05, 3.63) is 36.7 Å². The molecule has 0 saturated carbocycles. The molecule has 0 fully saturated rings. The molecule has 0 aliphatic rings. The summed E-state index contributed by atoms with van der Waals surface area (Å²) in [4.78, 5) is 0.0725. The zero-order valence-corrected chi connectivity index (χ0v) is 9.85. The van der Waals surface area contributed by atoms with Crippen LogP contribution in [0.1, 0.15) is 0 Å². The summed E-state index contributed by atoms with van der Waals surface area (Å²) >= 11 is 0. The van der Waals surface area contributed by atoms with E-state index in [0.717, 1.165) is 0 Å². The fourth-order valence-electron chi connectivity index (χ4n) is 1.32. The summed E-state index contributed by atoms with van der Waals surface area (Å²) in [6, 6.07) is 5.89. The Morgan fingerprint density at radius 3 is 2.76 bits per heavy atom. The van der Waals surface area contributed by atoms with E-state index in [1.54, 1.807) is 19.2 Å². The molecule has 90 valence electrons. The zero-order chi connectivity index (χ0) is 12.5. The number of aryl methyl sites for hydroxylation is 1. The van der Waals surface area contributed by atoms with Crippen molar-refractivity contribution >= 4 is 15.7 Å². The Morgan fingerprint density at radius 2 is 2.18 bits per heavy atom. The lowest BCUT2D eigenvalue weighted by atomic mass is 10.3. The summed E-state index contributed by atoms with van der Waals surface area (Å²) in [6.07, 6.45) is 2.65. The van der Waals surface area contributed by atoms with Crippen molar-refractivity contribution in [2.24, 2.45) is 7.05 Å². The first kappa shape index (κ1) is 11.5.